The Morgan fingerprint density at radius 1 is 0.857 bits per heavy atom. The van der Waals surface area contributed by atoms with E-state index in [1.807, 2.05) is 0 Å². The van der Waals surface area contributed by atoms with E-state index in [1.54, 1.807) is 0 Å². The van der Waals surface area contributed by atoms with E-state index in [0.717, 1.165) is 13.1 Å². The van der Waals surface area contributed by atoms with Gasteiger partial charge in [0.15, 0.2) is 0 Å². The summed E-state index contributed by atoms with van der Waals surface area (Å²) in [6.07, 6.45) is 13.6. The lowest BCUT2D eigenvalue weighted by atomic mass is 10.2. The Kier molecular flexibility index (Phi) is 12.4. The van der Waals surface area contributed by atoms with E-state index in [0.29, 0.717) is 0 Å². The summed E-state index contributed by atoms with van der Waals surface area (Å²) in [4.78, 5) is 0. The maximum absolute atomic E-state index is 4.44. The number of hydrogen-bond acceptors (Lipinski definition) is 0. The molecule has 0 aliphatic rings. The van der Waals surface area contributed by atoms with Crippen LogP contribution in [0, 0.1) is 0 Å². The predicted octanol–water partition coefficient (Wildman–Crippen LogP) is 3.92. The summed E-state index contributed by atoms with van der Waals surface area (Å²) in [7, 11) is 0. The van der Waals surface area contributed by atoms with Crippen molar-refractivity contribution in [3.8, 4) is 0 Å². The van der Waals surface area contributed by atoms with Crippen LogP contribution in [0.5, 0.6) is 0 Å². The summed E-state index contributed by atoms with van der Waals surface area (Å²) >= 11 is 0. The molecule has 0 atom stereocenters. The van der Waals surface area contributed by atoms with Crippen LogP contribution in [0.25, 0.3) is 0 Å². The molecule has 0 amide bonds. The predicted molar refractivity (Wildman–Crippen MR) is 64.7 cm³/mol. The van der Waals surface area contributed by atoms with Crippen molar-refractivity contribution in [2.75, 3.05) is 13.1 Å². The van der Waals surface area contributed by atoms with Crippen LogP contribution in [0.15, 0.2) is 12.2 Å². The van der Waals surface area contributed by atoms with Crippen molar-refractivity contribution >= 4 is 0 Å². The quantitative estimate of drug-likeness (QED) is 0.371. The highest BCUT2D eigenvalue weighted by Gasteiger charge is 1.86. The Morgan fingerprint density at radius 2 is 1.57 bits per heavy atom. The molecule has 0 aliphatic carbocycles. The van der Waals surface area contributed by atoms with E-state index in [-0.39, 0.29) is 0 Å². The summed E-state index contributed by atoms with van der Waals surface area (Å²) in [6, 6.07) is 0. The first-order valence-corrected chi connectivity index (χ1v) is 6.20. The van der Waals surface area contributed by atoms with Gasteiger partial charge < -0.3 is 0 Å². The molecule has 0 aliphatic heterocycles. The minimum atomic E-state index is 0.926. The van der Waals surface area contributed by atoms with Crippen molar-refractivity contribution in [2.24, 2.45) is 0 Å². The molecule has 1 radical (unpaired) electrons. The van der Waals surface area contributed by atoms with Crippen LogP contribution in [0.4, 0.5) is 0 Å². The van der Waals surface area contributed by atoms with Crippen LogP contribution in [-0.4, -0.2) is 13.1 Å². The molecule has 1 nitrogen and oxygen atoms in total. The first-order valence-electron chi connectivity index (χ1n) is 6.20. The standard InChI is InChI=1S/C13H26N/c1-3-5-7-8-9-11-13-14-12-10-6-4-2/h9,11H,3-8,10,12-13H2,1-2H3/b11-9+. The Hall–Kier alpha value is -0.300. The van der Waals surface area contributed by atoms with Gasteiger partial charge in [0.05, 0.1) is 0 Å². The van der Waals surface area contributed by atoms with Gasteiger partial charge in [0, 0.05) is 13.1 Å². The summed E-state index contributed by atoms with van der Waals surface area (Å²) in [5.74, 6) is 0. The first kappa shape index (κ1) is 13.7. The molecule has 0 aromatic heterocycles. The van der Waals surface area contributed by atoms with Gasteiger partial charge in [-0.3, -0.25) is 0 Å². The van der Waals surface area contributed by atoms with Crippen LogP contribution in [0.1, 0.15) is 58.8 Å². The molecular formula is C13H26N. The molecule has 0 spiro atoms. The van der Waals surface area contributed by atoms with Crippen molar-refractivity contribution in [3.05, 3.63) is 12.2 Å². The number of unbranched alkanes of at least 4 members (excludes halogenated alkanes) is 5. The van der Waals surface area contributed by atoms with E-state index in [4.69, 9.17) is 0 Å². The van der Waals surface area contributed by atoms with Crippen LogP contribution < -0.4 is 5.32 Å². The lowest BCUT2D eigenvalue weighted by Gasteiger charge is -1.97. The molecule has 0 saturated carbocycles. The summed E-state index contributed by atoms with van der Waals surface area (Å²) in [5.41, 5.74) is 0. The second kappa shape index (κ2) is 12.7. The Morgan fingerprint density at radius 3 is 2.29 bits per heavy atom. The fourth-order valence-corrected chi connectivity index (χ4v) is 1.34. The van der Waals surface area contributed by atoms with Crippen LogP contribution in [0.2, 0.25) is 0 Å². The van der Waals surface area contributed by atoms with E-state index >= 15 is 0 Å². The van der Waals surface area contributed by atoms with E-state index < -0.39 is 0 Å². The zero-order chi connectivity index (χ0) is 10.5. The average molecular weight is 196 g/mol. The third-order valence-corrected chi connectivity index (χ3v) is 2.30. The Labute approximate surface area is 90.0 Å². The molecule has 14 heavy (non-hydrogen) atoms. The van der Waals surface area contributed by atoms with Crippen molar-refractivity contribution in [1.29, 1.82) is 0 Å². The molecule has 0 saturated heterocycles. The molecule has 0 rings (SSSR count). The van der Waals surface area contributed by atoms with Gasteiger partial charge in [0.2, 0.25) is 0 Å². The third kappa shape index (κ3) is 11.7. The second-order valence-corrected chi connectivity index (χ2v) is 3.80. The molecular weight excluding hydrogens is 170 g/mol. The summed E-state index contributed by atoms with van der Waals surface area (Å²) in [6.45, 7) is 6.45. The fourth-order valence-electron chi connectivity index (χ4n) is 1.34. The molecule has 0 bridgehead atoms. The van der Waals surface area contributed by atoms with Crippen molar-refractivity contribution in [1.82, 2.24) is 5.32 Å². The topological polar surface area (TPSA) is 14.1 Å². The van der Waals surface area contributed by atoms with E-state index in [1.165, 1.54) is 44.9 Å². The molecule has 0 N–H and O–H groups in total. The SMILES string of the molecule is CCCCC/C=C/C[N]CCCCC. The molecule has 0 unspecified atom stereocenters. The number of nitrogens with zero attached hydrogens (tertiary/aromatic N) is 1. The highest BCUT2D eigenvalue weighted by molar-refractivity contribution is 4.83. The summed E-state index contributed by atoms with van der Waals surface area (Å²) in [5, 5.41) is 4.44. The van der Waals surface area contributed by atoms with Gasteiger partial charge >= 0.3 is 0 Å². The normalized spacial score (nSPS) is 11.3. The zero-order valence-electron chi connectivity index (χ0n) is 9.97. The van der Waals surface area contributed by atoms with Gasteiger partial charge in [0.25, 0.3) is 0 Å². The smallest absolute Gasteiger partial charge is 0.0314 e. The number of hydrogen-bond donors (Lipinski definition) is 0. The largest absolute Gasteiger partial charge is 0.238 e. The van der Waals surface area contributed by atoms with Gasteiger partial charge in [0.1, 0.15) is 0 Å². The van der Waals surface area contributed by atoms with E-state index in [2.05, 4.69) is 31.3 Å². The Bertz CT molecular complexity index is 118. The monoisotopic (exact) mass is 196 g/mol. The molecule has 0 aromatic carbocycles. The average Bonchev–Trinajstić information content (AvgIpc) is 2.21. The lowest BCUT2D eigenvalue weighted by Crippen LogP contribution is -2.05. The van der Waals surface area contributed by atoms with Gasteiger partial charge in [-0.25, -0.2) is 5.32 Å². The number of allylic oxidation sites excluding steroid dienone is 1. The summed E-state index contributed by atoms with van der Waals surface area (Å²) < 4.78 is 0. The molecule has 83 valence electrons. The lowest BCUT2D eigenvalue weighted by molar-refractivity contribution is 0.637. The van der Waals surface area contributed by atoms with Gasteiger partial charge in [-0.05, 0) is 19.3 Å². The van der Waals surface area contributed by atoms with Crippen LogP contribution in [-0.2, 0) is 0 Å². The van der Waals surface area contributed by atoms with Gasteiger partial charge in [-0.1, -0.05) is 51.7 Å². The van der Waals surface area contributed by atoms with E-state index in [9.17, 15) is 0 Å². The van der Waals surface area contributed by atoms with Crippen LogP contribution >= 0.6 is 0 Å². The van der Waals surface area contributed by atoms with Crippen molar-refractivity contribution in [3.63, 3.8) is 0 Å². The zero-order valence-corrected chi connectivity index (χ0v) is 9.97. The second-order valence-electron chi connectivity index (χ2n) is 3.80. The Balaban J connectivity index is 2.96. The maximum atomic E-state index is 4.44. The third-order valence-electron chi connectivity index (χ3n) is 2.30. The highest BCUT2D eigenvalue weighted by Crippen LogP contribution is 1.99. The molecule has 0 aromatic rings. The maximum Gasteiger partial charge on any atom is 0.0314 e. The fraction of sp³-hybridized carbons (Fsp3) is 0.846. The van der Waals surface area contributed by atoms with Gasteiger partial charge in [-0.2, -0.15) is 0 Å². The number of rotatable bonds is 10. The minimum absolute atomic E-state index is 0.926. The van der Waals surface area contributed by atoms with Crippen molar-refractivity contribution < 1.29 is 0 Å². The molecule has 0 fully saturated rings. The molecule has 0 heterocycles. The first-order chi connectivity index (χ1) is 6.91. The molecule has 1 heteroatoms. The highest BCUT2D eigenvalue weighted by atomic mass is 14.8. The van der Waals surface area contributed by atoms with Crippen molar-refractivity contribution in [2.45, 2.75) is 58.8 Å². The van der Waals surface area contributed by atoms with Gasteiger partial charge in [-0.15, -0.1) is 0 Å². The minimum Gasteiger partial charge on any atom is -0.238 e. The van der Waals surface area contributed by atoms with Crippen LogP contribution in [0.3, 0.4) is 0 Å².